The Morgan fingerprint density at radius 1 is 1.28 bits per heavy atom. The van der Waals surface area contributed by atoms with Gasteiger partial charge in [-0.3, -0.25) is 5.01 Å². The van der Waals surface area contributed by atoms with Gasteiger partial charge in [-0.25, -0.2) is 0 Å². The molecule has 3 rings (SSSR count). The smallest absolute Gasteiger partial charge is 0.159 e. The van der Waals surface area contributed by atoms with E-state index in [4.69, 9.17) is 5.10 Å². The molecule has 2 aliphatic heterocycles. The number of hydrogen-bond donors (Lipinski definition) is 1. The normalized spacial score (nSPS) is 22.2. The van der Waals surface area contributed by atoms with Crippen LogP contribution < -0.4 is 5.32 Å². The topological polar surface area (TPSA) is 30.9 Å². The van der Waals surface area contributed by atoms with E-state index in [1.807, 2.05) is 12.1 Å². The largest absolute Gasteiger partial charge is 0.364 e. The molecule has 18 heavy (non-hydrogen) atoms. The molecule has 4 nitrogen and oxygen atoms in total. The van der Waals surface area contributed by atoms with Gasteiger partial charge in [0, 0.05) is 24.8 Å². The summed E-state index contributed by atoms with van der Waals surface area (Å²) in [5, 5.41) is 10.4. The summed E-state index contributed by atoms with van der Waals surface area (Å²) in [6.07, 6.45) is 0.340. The van der Waals surface area contributed by atoms with Crippen LogP contribution in [0.15, 0.2) is 29.4 Å². The van der Waals surface area contributed by atoms with Crippen LogP contribution in [-0.2, 0) is 0 Å². The first-order valence-electron chi connectivity index (χ1n) is 6.59. The van der Waals surface area contributed by atoms with Crippen LogP contribution in [0.25, 0.3) is 0 Å². The average Bonchev–Trinajstić information content (AvgIpc) is 2.37. The standard InChI is InChI=1S/C14H20N4/c1-10(2)13-15-12-7-5-4-6-11(12)14-16-17(3)8-9-18(13)14/h4-7,10,13,15H,8-9H2,1-3H3. The number of hydrazone groups is 1. The SMILES string of the molecule is CC(C)C1Nc2ccccc2C2=NN(C)CCN21. The first-order chi connectivity index (χ1) is 8.66. The Morgan fingerprint density at radius 2 is 2.06 bits per heavy atom. The number of fused-ring (bicyclic) bond motifs is 3. The highest BCUT2D eigenvalue weighted by Crippen LogP contribution is 2.29. The fourth-order valence-electron chi connectivity index (χ4n) is 2.67. The number of para-hydroxylation sites is 1. The Bertz CT molecular complexity index is 480. The molecule has 1 atom stereocenters. The summed E-state index contributed by atoms with van der Waals surface area (Å²) in [6.45, 7) is 6.51. The number of benzene rings is 1. The summed E-state index contributed by atoms with van der Waals surface area (Å²) in [5.41, 5.74) is 2.41. The van der Waals surface area contributed by atoms with Crippen LogP contribution in [0.5, 0.6) is 0 Å². The van der Waals surface area contributed by atoms with Gasteiger partial charge in [0.15, 0.2) is 5.84 Å². The van der Waals surface area contributed by atoms with E-state index in [1.54, 1.807) is 0 Å². The van der Waals surface area contributed by atoms with Crippen molar-refractivity contribution in [3.05, 3.63) is 29.8 Å². The molecule has 1 unspecified atom stereocenters. The zero-order valence-corrected chi connectivity index (χ0v) is 11.2. The molecule has 2 heterocycles. The zero-order valence-electron chi connectivity index (χ0n) is 11.2. The minimum absolute atomic E-state index is 0.340. The van der Waals surface area contributed by atoms with Gasteiger partial charge in [-0.1, -0.05) is 26.0 Å². The van der Waals surface area contributed by atoms with Crippen molar-refractivity contribution in [3.63, 3.8) is 0 Å². The molecule has 0 spiro atoms. The Morgan fingerprint density at radius 3 is 2.83 bits per heavy atom. The molecule has 0 bridgehead atoms. The molecule has 1 aromatic rings. The molecule has 4 heteroatoms. The summed E-state index contributed by atoms with van der Waals surface area (Å²) in [5.74, 6) is 1.66. The van der Waals surface area contributed by atoms with Gasteiger partial charge in [0.05, 0.1) is 6.54 Å². The van der Waals surface area contributed by atoms with Crippen molar-refractivity contribution in [1.82, 2.24) is 9.91 Å². The van der Waals surface area contributed by atoms with E-state index < -0.39 is 0 Å². The van der Waals surface area contributed by atoms with E-state index in [-0.39, 0.29) is 0 Å². The van der Waals surface area contributed by atoms with Gasteiger partial charge in [-0.15, -0.1) is 0 Å². The molecule has 0 amide bonds. The van der Waals surface area contributed by atoms with Crippen LogP contribution in [0.4, 0.5) is 5.69 Å². The maximum atomic E-state index is 4.71. The van der Waals surface area contributed by atoms with E-state index in [2.05, 4.69) is 48.3 Å². The van der Waals surface area contributed by atoms with Gasteiger partial charge >= 0.3 is 0 Å². The van der Waals surface area contributed by atoms with Gasteiger partial charge < -0.3 is 10.2 Å². The minimum atomic E-state index is 0.340. The molecule has 0 aliphatic carbocycles. The molecule has 0 saturated carbocycles. The zero-order chi connectivity index (χ0) is 12.7. The quantitative estimate of drug-likeness (QED) is 0.820. The second kappa shape index (κ2) is 4.19. The lowest BCUT2D eigenvalue weighted by molar-refractivity contribution is 0.202. The van der Waals surface area contributed by atoms with E-state index in [0.29, 0.717) is 12.1 Å². The van der Waals surface area contributed by atoms with Crippen LogP contribution in [0.1, 0.15) is 19.4 Å². The first kappa shape index (κ1) is 11.4. The van der Waals surface area contributed by atoms with Crippen molar-refractivity contribution >= 4 is 11.5 Å². The number of nitrogens with zero attached hydrogens (tertiary/aromatic N) is 3. The van der Waals surface area contributed by atoms with Crippen molar-refractivity contribution in [3.8, 4) is 0 Å². The predicted molar refractivity (Wildman–Crippen MR) is 74.6 cm³/mol. The molecule has 0 saturated heterocycles. The van der Waals surface area contributed by atoms with Crippen molar-refractivity contribution < 1.29 is 0 Å². The van der Waals surface area contributed by atoms with Gasteiger partial charge in [-0.05, 0) is 18.1 Å². The average molecular weight is 244 g/mol. The molecule has 1 N–H and O–H groups in total. The van der Waals surface area contributed by atoms with Gasteiger partial charge in [0.2, 0.25) is 0 Å². The lowest BCUT2D eigenvalue weighted by atomic mass is 10.0. The molecular formula is C14H20N4. The summed E-state index contributed by atoms with van der Waals surface area (Å²) in [6, 6.07) is 8.43. The molecule has 0 aromatic heterocycles. The Kier molecular flexibility index (Phi) is 2.65. The third-order valence-corrected chi connectivity index (χ3v) is 3.64. The molecule has 0 radical (unpaired) electrons. The third kappa shape index (κ3) is 1.72. The predicted octanol–water partition coefficient (Wildman–Crippen LogP) is 2.00. The van der Waals surface area contributed by atoms with E-state index in [0.717, 1.165) is 18.9 Å². The number of nitrogens with one attached hydrogen (secondary N) is 1. The fourth-order valence-corrected chi connectivity index (χ4v) is 2.67. The fraction of sp³-hybridized carbons (Fsp3) is 0.500. The van der Waals surface area contributed by atoms with Crippen LogP contribution in [0.3, 0.4) is 0 Å². The first-order valence-corrected chi connectivity index (χ1v) is 6.59. The monoisotopic (exact) mass is 244 g/mol. The Hall–Kier alpha value is -1.71. The maximum Gasteiger partial charge on any atom is 0.159 e. The lowest BCUT2D eigenvalue weighted by Gasteiger charge is -2.45. The van der Waals surface area contributed by atoms with Gasteiger partial charge in [0.25, 0.3) is 0 Å². The van der Waals surface area contributed by atoms with Crippen LogP contribution in [-0.4, -0.2) is 42.0 Å². The number of anilines is 1. The molecule has 0 fully saturated rings. The summed E-state index contributed by atoms with van der Waals surface area (Å²) in [7, 11) is 2.04. The molecule has 96 valence electrons. The van der Waals surface area contributed by atoms with Crippen molar-refractivity contribution in [2.24, 2.45) is 11.0 Å². The lowest BCUT2D eigenvalue weighted by Crippen LogP contribution is -2.56. The van der Waals surface area contributed by atoms with E-state index >= 15 is 0 Å². The Labute approximate surface area is 108 Å². The van der Waals surface area contributed by atoms with Gasteiger partial charge in [-0.2, -0.15) is 5.10 Å². The molecule has 2 aliphatic rings. The number of hydrogen-bond acceptors (Lipinski definition) is 4. The van der Waals surface area contributed by atoms with Crippen molar-refractivity contribution in [1.29, 1.82) is 0 Å². The summed E-state index contributed by atoms with van der Waals surface area (Å²) >= 11 is 0. The second-order valence-electron chi connectivity index (χ2n) is 5.38. The number of rotatable bonds is 1. The summed E-state index contributed by atoms with van der Waals surface area (Å²) < 4.78 is 0. The van der Waals surface area contributed by atoms with Crippen LogP contribution >= 0.6 is 0 Å². The van der Waals surface area contributed by atoms with Crippen molar-refractivity contribution in [2.45, 2.75) is 20.0 Å². The third-order valence-electron chi connectivity index (χ3n) is 3.64. The van der Waals surface area contributed by atoms with E-state index in [9.17, 15) is 0 Å². The van der Waals surface area contributed by atoms with Crippen LogP contribution in [0, 0.1) is 5.92 Å². The molecular weight excluding hydrogens is 224 g/mol. The van der Waals surface area contributed by atoms with Gasteiger partial charge in [0.1, 0.15) is 6.17 Å². The van der Waals surface area contributed by atoms with Crippen LogP contribution in [0.2, 0.25) is 0 Å². The number of amidine groups is 1. The van der Waals surface area contributed by atoms with Crippen molar-refractivity contribution in [2.75, 3.05) is 25.5 Å². The van der Waals surface area contributed by atoms with E-state index in [1.165, 1.54) is 11.3 Å². The number of likely N-dealkylation sites (N-methyl/N-ethyl adjacent to an activating group) is 1. The highest BCUT2D eigenvalue weighted by atomic mass is 15.5. The highest BCUT2D eigenvalue weighted by Gasteiger charge is 2.33. The molecule has 1 aromatic carbocycles. The maximum absolute atomic E-state index is 4.71. The Balaban J connectivity index is 2.10. The highest BCUT2D eigenvalue weighted by molar-refractivity contribution is 6.05. The second-order valence-corrected chi connectivity index (χ2v) is 5.38. The minimum Gasteiger partial charge on any atom is -0.364 e. The summed E-state index contributed by atoms with van der Waals surface area (Å²) in [4.78, 5) is 2.40.